The maximum atomic E-state index is 11.1. The standard InChI is InChI=1S/C10H14O5/c1-4-9(12)14-6-8(3)15-10(13)7(2)5-11/h4,8,11H,1-2,5-6H2,3H3. The summed E-state index contributed by atoms with van der Waals surface area (Å²) in [5.74, 6) is -1.29. The van der Waals surface area contributed by atoms with E-state index in [4.69, 9.17) is 9.84 Å². The van der Waals surface area contributed by atoms with Crippen molar-refractivity contribution >= 4 is 11.9 Å². The average Bonchev–Trinajstić information content (AvgIpc) is 2.24. The van der Waals surface area contributed by atoms with Crippen molar-refractivity contribution in [2.75, 3.05) is 13.2 Å². The molecular weight excluding hydrogens is 200 g/mol. The van der Waals surface area contributed by atoms with Gasteiger partial charge in [0.1, 0.15) is 12.7 Å². The van der Waals surface area contributed by atoms with Gasteiger partial charge in [0.2, 0.25) is 0 Å². The van der Waals surface area contributed by atoms with Crippen LogP contribution in [0.4, 0.5) is 0 Å². The van der Waals surface area contributed by atoms with Crippen LogP contribution in [0.3, 0.4) is 0 Å². The Labute approximate surface area is 88.0 Å². The molecule has 1 N–H and O–H groups in total. The molecule has 0 bridgehead atoms. The summed E-state index contributed by atoms with van der Waals surface area (Å²) in [6.07, 6.45) is 0.422. The van der Waals surface area contributed by atoms with Crippen LogP contribution in [-0.4, -0.2) is 36.4 Å². The minimum absolute atomic E-state index is 0.0445. The molecule has 0 fully saturated rings. The lowest BCUT2D eigenvalue weighted by Crippen LogP contribution is -2.23. The van der Waals surface area contributed by atoms with Crippen LogP contribution in [0, 0.1) is 0 Å². The van der Waals surface area contributed by atoms with Gasteiger partial charge in [0, 0.05) is 6.08 Å². The third kappa shape index (κ3) is 5.64. The number of aliphatic hydroxyl groups is 1. The quantitative estimate of drug-likeness (QED) is 0.505. The molecule has 0 heterocycles. The lowest BCUT2D eigenvalue weighted by atomic mass is 10.3. The maximum Gasteiger partial charge on any atom is 0.336 e. The van der Waals surface area contributed by atoms with Crippen molar-refractivity contribution in [2.24, 2.45) is 0 Å². The minimum atomic E-state index is -0.709. The van der Waals surface area contributed by atoms with Gasteiger partial charge in [-0.15, -0.1) is 0 Å². The van der Waals surface area contributed by atoms with Crippen LogP contribution in [0.5, 0.6) is 0 Å². The van der Waals surface area contributed by atoms with E-state index in [1.807, 2.05) is 0 Å². The summed E-state index contributed by atoms with van der Waals surface area (Å²) < 4.78 is 9.43. The second-order valence-corrected chi connectivity index (χ2v) is 2.81. The Balaban J connectivity index is 3.88. The molecule has 0 radical (unpaired) electrons. The Hall–Kier alpha value is -1.62. The zero-order chi connectivity index (χ0) is 11.8. The van der Waals surface area contributed by atoms with Gasteiger partial charge in [0.05, 0.1) is 12.2 Å². The average molecular weight is 214 g/mol. The van der Waals surface area contributed by atoms with Crippen LogP contribution >= 0.6 is 0 Å². The van der Waals surface area contributed by atoms with Gasteiger partial charge in [-0.25, -0.2) is 9.59 Å². The molecule has 0 saturated heterocycles. The zero-order valence-electron chi connectivity index (χ0n) is 8.56. The fourth-order valence-corrected chi connectivity index (χ4v) is 0.623. The van der Waals surface area contributed by atoms with Gasteiger partial charge < -0.3 is 14.6 Å². The highest BCUT2D eigenvalue weighted by molar-refractivity contribution is 5.88. The van der Waals surface area contributed by atoms with E-state index in [0.29, 0.717) is 0 Å². The Bertz CT molecular complexity index is 269. The fraction of sp³-hybridized carbons (Fsp3) is 0.400. The molecule has 0 aliphatic carbocycles. The molecular formula is C10H14O5. The van der Waals surface area contributed by atoms with Crippen molar-refractivity contribution in [1.29, 1.82) is 0 Å². The molecule has 0 aliphatic rings. The van der Waals surface area contributed by atoms with Crippen molar-refractivity contribution in [3.63, 3.8) is 0 Å². The molecule has 1 atom stereocenters. The van der Waals surface area contributed by atoms with Crippen LogP contribution in [-0.2, 0) is 19.1 Å². The summed E-state index contributed by atoms with van der Waals surface area (Å²) in [5.41, 5.74) is -0.0445. The van der Waals surface area contributed by atoms with Gasteiger partial charge in [-0.2, -0.15) is 0 Å². The third-order valence-corrected chi connectivity index (χ3v) is 1.41. The van der Waals surface area contributed by atoms with Gasteiger partial charge in [0.15, 0.2) is 0 Å². The largest absolute Gasteiger partial charge is 0.459 e. The van der Waals surface area contributed by atoms with Gasteiger partial charge in [-0.3, -0.25) is 0 Å². The topological polar surface area (TPSA) is 72.8 Å². The van der Waals surface area contributed by atoms with Crippen LogP contribution in [0.1, 0.15) is 6.92 Å². The smallest absolute Gasteiger partial charge is 0.336 e. The SMILES string of the molecule is C=CC(=O)OCC(C)OC(=O)C(=C)CO. The second-order valence-electron chi connectivity index (χ2n) is 2.81. The maximum absolute atomic E-state index is 11.1. The molecule has 0 aliphatic heterocycles. The predicted octanol–water partition coefficient (Wildman–Crippen LogP) is 0.196. The molecule has 0 saturated carbocycles. The van der Waals surface area contributed by atoms with Crippen LogP contribution in [0.15, 0.2) is 24.8 Å². The van der Waals surface area contributed by atoms with Crippen LogP contribution in [0.2, 0.25) is 0 Å². The van der Waals surface area contributed by atoms with Crippen molar-refractivity contribution in [2.45, 2.75) is 13.0 Å². The molecule has 0 amide bonds. The summed E-state index contributed by atoms with van der Waals surface area (Å²) in [6, 6.07) is 0. The van der Waals surface area contributed by atoms with Gasteiger partial charge in [-0.1, -0.05) is 13.2 Å². The zero-order valence-corrected chi connectivity index (χ0v) is 8.56. The first kappa shape index (κ1) is 13.4. The van der Waals surface area contributed by atoms with E-state index < -0.39 is 24.6 Å². The van der Waals surface area contributed by atoms with E-state index in [1.165, 1.54) is 0 Å². The molecule has 0 rings (SSSR count). The molecule has 0 aromatic carbocycles. The first-order valence-corrected chi connectivity index (χ1v) is 4.30. The molecule has 0 aromatic rings. The summed E-state index contributed by atoms with van der Waals surface area (Å²) in [5, 5.41) is 8.58. The van der Waals surface area contributed by atoms with Crippen molar-refractivity contribution in [3.8, 4) is 0 Å². The van der Waals surface area contributed by atoms with E-state index in [2.05, 4.69) is 17.9 Å². The highest BCUT2D eigenvalue weighted by atomic mass is 16.6. The van der Waals surface area contributed by atoms with Crippen molar-refractivity contribution in [3.05, 3.63) is 24.8 Å². The Kier molecular flexibility index (Phi) is 6.05. The molecule has 84 valence electrons. The van der Waals surface area contributed by atoms with Crippen molar-refractivity contribution in [1.82, 2.24) is 0 Å². The Morgan fingerprint density at radius 1 is 1.53 bits per heavy atom. The number of ether oxygens (including phenoxy) is 2. The molecule has 0 aromatic heterocycles. The van der Waals surface area contributed by atoms with Crippen LogP contribution in [0.25, 0.3) is 0 Å². The number of carbonyl (C=O) groups excluding carboxylic acids is 2. The second kappa shape index (κ2) is 6.78. The van der Waals surface area contributed by atoms with Gasteiger partial charge >= 0.3 is 11.9 Å². The number of aliphatic hydroxyl groups excluding tert-OH is 1. The first-order chi connectivity index (χ1) is 7.01. The monoisotopic (exact) mass is 214 g/mol. The number of esters is 2. The Morgan fingerprint density at radius 2 is 2.13 bits per heavy atom. The summed E-state index contributed by atoms with van der Waals surface area (Å²) in [6.45, 7) is 7.53. The predicted molar refractivity (Wildman–Crippen MR) is 52.9 cm³/mol. The molecule has 5 nitrogen and oxygen atoms in total. The van der Waals surface area contributed by atoms with Crippen LogP contribution < -0.4 is 0 Å². The molecule has 0 spiro atoms. The number of carbonyl (C=O) groups is 2. The van der Waals surface area contributed by atoms with E-state index in [9.17, 15) is 9.59 Å². The first-order valence-electron chi connectivity index (χ1n) is 4.30. The third-order valence-electron chi connectivity index (χ3n) is 1.41. The molecule has 15 heavy (non-hydrogen) atoms. The molecule has 5 heteroatoms. The van der Waals surface area contributed by atoms with Gasteiger partial charge in [-0.05, 0) is 6.92 Å². The summed E-state index contributed by atoms with van der Waals surface area (Å²) >= 11 is 0. The van der Waals surface area contributed by atoms with E-state index in [0.717, 1.165) is 6.08 Å². The Morgan fingerprint density at radius 3 is 2.60 bits per heavy atom. The normalized spacial score (nSPS) is 11.3. The lowest BCUT2D eigenvalue weighted by molar-refractivity contribution is -0.152. The van der Waals surface area contributed by atoms with Gasteiger partial charge in [0.25, 0.3) is 0 Å². The minimum Gasteiger partial charge on any atom is -0.459 e. The van der Waals surface area contributed by atoms with Crippen molar-refractivity contribution < 1.29 is 24.2 Å². The summed E-state index contributed by atoms with van der Waals surface area (Å²) in [4.78, 5) is 21.7. The molecule has 1 unspecified atom stereocenters. The van der Waals surface area contributed by atoms with E-state index >= 15 is 0 Å². The highest BCUT2D eigenvalue weighted by Gasteiger charge is 2.13. The fourth-order valence-electron chi connectivity index (χ4n) is 0.623. The number of hydrogen-bond donors (Lipinski definition) is 1. The number of rotatable bonds is 6. The van der Waals surface area contributed by atoms with E-state index in [1.54, 1.807) is 6.92 Å². The highest BCUT2D eigenvalue weighted by Crippen LogP contribution is 1.99. The van der Waals surface area contributed by atoms with E-state index in [-0.39, 0.29) is 12.2 Å². The summed E-state index contributed by atoms with van der Waals surface area (Å²) in [7, 11) is 0. The lowest BCUT2D eigenvalue weighted by Gasteiger charge is -2.13. The number of hydrogen-bond acceptors (Lipinski definition) is 5.